The Balaban J connectivity index is 3.27. The smallest absolute Gasteiger partial charge is 0.337 e. The molecule has 0 unspecified atom stereocenters. The highest BCUT2D eigenvalue weighted by atomic mass is 16.4. The van der Waals surface area contributed by atoms with Crippen molar-refractivity contribution in [2.45, 2.75) is 33.1 Å². The fraction of sp³-hybridized carbons (Fsp3) is 0.385. The molecule has 0 spiro atoms. The summed E-state index contributed by atoms with van der Waals surface area (Å²) >= 11 is 0. The zero-order valence-corrected chi connectivity index (χ0v) is 10.5. The van der Waals surface area contributed by atoms with Crippen LogP contribution in [-0.4, -0.2) is 17.0 Å². The van der Waals surface area contributed by atoms with Crippen molar-refractivity contribution in [2.75, 3.05) is 5.32 Å². The summed E-state index contributed by atoms with van der Waals surface area (Å²) in [5, 5.41) is 11.6. The number of carbonyl (C=O) groups is 2. The third-order valence-electron chi connectivity index (χ3n) is 2.43. The molecule has 0 radical (unpaired) electrons. The predicted octanol–water partition coefficient (Wildman–Crippen LogP) is 2.64. The van der Waals surface area contributed by atoms with Crippen LogP contribution in [0.5, 0.6) is 0 Å². The number of aromatic carboxylic acids is 1. The molecule has 4 heteroatoms. The highest BCUT2D eigenvalue weighted by molar-refractivity contribution is 6.00. The van der Waals surface area contributed by atoms with Crippen molar-refractivity contribution < 1.29 is 14.7 Å². The van der Waals surface area contributed by atoms with Gasteiger partial charge in [-0.2, -0.15) is 0 Å². The van der Waals surface area contributed by atoms with Gasteiger partial charge >= 0.3 is 5.97 Å². The molecule has 0 saturated heterocycles. The second-order valence-electron chi connectivity index (χ2n) is 5.00. The van der Waals surface area contributed by atoms with Gasteiger partial charge in [0.05, 0.1) is 11.3 Å². The summed E-state index contributed by atoms with van der Waals surface area (Å²) in [7, 11) is 0. The van der Waals surface area contributed by atoms with E-state index in [1.54, 1.807) is 12.1 Å². The molecule has 0 aliphatic rings. The van der Waals surface area contributed by atoms with E-state index in [1.165, 1.54) is 6.92 Å². The van der Waals surface area contributed by atoms with Gasteiger partial charge in [0.1, 0.15) is 0 Å². The third-order valence-corrected chi connectivity index (χ3v) is 2.43. The van der Waals surface area contributed by atoms with Crippen LogP contribution in [-0.2, 0) is 10.2 Å². The number of benzene rings is 1. The lowest BCUT2D eigenvalue weighted by Gasteiger charge is -2.20. The number of hydrogen-bond acceptors (Lipinski definition) is 2. The molecule has 0 bridgehead atoms. The molecule has 4 nitrogen and oxygen atoms in total. The van der Waals surface area contributed by atoms with Crippen molar-refractivity contribution in [1.82, 2.24) is 0 Å². The second kappa shape index (κ2) is 4.57. The third kappa shape index (κ3) is 3.31. The average molecular weight is 235 g/mol. The van der Waals surface area contributed by atoms with Gasteiger partial charge in [-0.3, -0.25) is 4.79 Å². The second-order valence-corrected chi connectivity index (χ2v) is 5.00. The van der Waals surface area contributed by atoms with Crippen molar-refractivity contribution in [2.24, 2.45) is 0 Å². The summed E-state index contributed by atoms with van der Waals surface area (Å²) in [5.74, 6) is -1.32. The van der Waals surface area contributed by atoms with Gasteiger partial charge in [0.25, 0.3) is 0 Å². The van der Waals surface area contributed by atoms with E-state index in [-0.39, 0.29) is 16.9 Å². The first-order valence-corrected chi connectivity index (χ1v) is 5.37. The number of amides is 1. The quantitative estimate of drug-likeness (QED) is 0.828. The van der Waals surface area contributed by atoms with Crippen LogP contribution < -0.4 is 5.32 Å². The van der Waals surface area contributed by atoms with Gasteiger partial charge in [0.2, 0.25) is 5.91 Å². The Kier molecular flexibility index (Phi) is 3.56. The number of hydrogen-bond donors (Lipinski definition) is 2. The molecule has 1 amide bonds. The number of anilines is 1. The van der Waals surface area contributed by atoms with E-state index < -0.39 is 5.97 Å². The monoisotopic (exact) mass is 235 g/mol. The summed E-state index contributed by atoms with van der Waals surface area (Å²) in [4.78, 5) is 22.1. The fourth-order valence-corrected chi connectivity index (χ4v) is 1.49. The number of rotatable bonds is 2. The van der Waals surface area contributed by atoms with E-state index in [2.05, 4.69) is 5.32 Å². The summed E-state index contributed by atoms with van der Waals surface area (Å²) in [6.07, 6.45) is 0. The average Bonchev–Trinajstić information content (AvgIpc) is 2.15. The van der Waals surface area contributed by atoms with Crippen LogP contribution in [0.2, 0.25) is 0 Å². The lowest BCUT2D eigenvalue weighted by Crippen LogP contribution is -2.15. The van der Waals surface area contributed by atoms with Gasteiger partial charge in [-0.25, -0.2) is 4.79 Å². The lowest BCUT2D eigenvalue weighted by molar-refractivity contribution is -0.114. The Hall–Kier alpha value is -1.84. The normalized spacial score (nSPS) is 11.1. The molecule has 0 aromatic heterocycles. The zero-order valence-electron chi connectivity index (χ0n) is 10.5. The first-order valence-electron chi connectivity index (χ1n) is 5.37. The number of carboxylic acids is 1. The summed E-state index contributed by atoms with van der Waals surface area (Å²) in [5.41, 5.74) is 1.24. The topological polar surface area (TPSA) is 66.4 Å². The molecule has 2 N–H and O–H groups in total. The minimum atomic E-state index is -1.04. The van der Waals surface area contributed by atoms with E-state index in [9.17, 15) is 9.59 Å². The Labute approximate surface area is 101 Å². The molecule has 0 heterocycles. The standard InChI is InChI=1S/C13H17NO3/c1-8(15)14-11-6-5-9(13(2,3)4)7-10(11)12(16)17/h5-7H,1-4H3,(H,14,15)(H,16,17). The Morgan fingerprint density at radius 3 is 2.24 bits per heavy atom. The number of carbonyl (C=O) groups excluding carboxylic acids is 1. The van der Waals surface area contributed by atoms with E-state index in [1.807, 2.05) is 26.8 Å². The Morgan fingerprint density at radius 2 is 1.82 bits per heavy atom. The minimum Gasteiger partial charge on any atom is -0.478 e. The molecular weight excluding hydrogens is 218 g/mol. The SMILES string of the molecule is CC(=O)Nc1ccc(C(C)(C)C)cc1C(=O)O. The van der Waals surface area contributed by atoms with E-state index in [0.29, 0.717) is 5.69 Å². The fourth-order valence-electron chi connectivity index (χ4n) is 1.49. The molecule has 0 atom stereocenters. The van der Waals surface area contributed by atoms with Crippen LogP contribution in [0.25, 0.3) is 0 Å². The maximum absolute atomic E-state index is 11.1. The van der Waals surface area contributed by atoms with Gasteiger partial charge < -0.3 is 10.4 Å². The molecule has 0 aliphatic heterocycles. The maximum atomic E-state index is 11.1. The van der Waals surface area contributed by atoms with Crippen LogP contribution >= 0.6 is 0 Å². The van der Waals surface area contributed by atoms with Crippen molar-refractivity contribution in [3.63, 3.8) is 0 Å². The zero-order chi connectivity index (χ0) is 13.2. The Morgan fingerprint density at radius 1 is 1.24 bits per heavy atom. The maximum Gasteiger partial charge on any atom is 0.337 e. The molecule has 0 fully saturated rings. The van der Waals surface area contributed by atoms with Crippen LogP contribution in [0.1, 0.15) is 43.6 Å². The first kappa shape index (κ1) is 13.2. The predicted molar refractivity (Wildman–Crippen MR) is 66.4 cm³/mol. The molecule has 17 heavy (non-hydrogen) atoms. The largest absolute Gasteiger partial charge is 0.478 e. The molecule has 92 valence electrons. The van der Waals surface area contributed by atoms with Gasteiger partial charge in [0, 0.05) is 6.92 Å². The highest BCUT2D eigenvalue weighted by Gasteiger charge is 2.18. The molecular formula is C13H17NO3. The van der Waals surface area contributed by atoms with E-state index in [4.69, 9.17) is 5.11 Å². The molecule has 0 aliphatic carbocycles. The van der Waals surface area contributed by atoms with Crippen molar-refractivity contribution >= 4 is 17.6 Å². The highest BCUT2D eigenvalue weighted by Crippen LogP contribution is 2.26. The van der Waals surface area contributed by atoms with Crippen LogP contribution in [0.15, 0.2) is 18.2 Å². The number of carboxylic acid groups (broad SMARTS) is 1. The van der Waals surface area contributed by atoms with Crippen molar-refractivity contribution in [3.05, 3.63) is 29.3 Å². The molecule has 1 rings (SSSR count). The number of nitrogens with one attached hydrogen (secondary N) is 1. The lowest BCUT2D eigenvalue weighted by atomic mass is 9.86. The minimum absolute atomic E-state index is 0.118. The van der Waals surface area contributed by atoms with Crippen LogP contribution in [0.4, 0.5) is 5.69 Å². The van der Waals surface area contributed by atoms with Gasteiger partial charge in [-0.1, -0.05) is 26.8 Å². The molecule has 0 saturated carbocycles. The van der Waals surface area contributed by atoms with E-state index >= 15 is 0 Å². The van der Waals surface area contributed by atoms with Gasteiger partial charge in [-0.15, -0.1) is 0 Å². The van der Waals surface area contributed by atoms with Crippen LogP contribution in [0, 0.1) is 0 Å². The molecule has 1 aromatic rings. The molecule has 1 aromatic carbocycles. The Bertz CT molecular complexity index is 458. The summed E-state index contributed by atoms with van der Waals surface area (Å²) in [6.45, 7) is 7.37. The van der Waals surface area contributed by atoms with Crippen LogP contribution in [0.3, 0.4) is 0 Å². The van der Waals surface area contributed by atoms with Crippen molar-refractivity contribution in [3.8, 4) is 0 Å². The van der Waals surface area contributed by atoms with Gasteiger partial charge in [-0.05, 0) is 23.1 Å². The van der Waals surface area contributed by atoms with E-state index in [0.717, 1.165) is 5.56 Å². The van der Waals surface area contributed by atoms with Crippen molar-refractivity contribution in [1.29, 1.82) is 0 Å². The van der Waals surface area contributed by atoms with Gasteiger partial charge in [0.15, 0.2) is 0 Å². The first-order chi connectivity index (χ1) is 7.71. The summed E-state index contributed by atoms with van der Waals surface area (Å²) in [6, 6.07) is 5.07. The summed E-state index contributed by atoms with van der Waals surface area (Å²) < 4.78 is 0.